The van der Waals surface area contributed by atoms with Crippen molar-refractivity contribution in [2.75, 3.05) is 19.6 Å². The fourth-order valence-electron chi connectivity index (χ4n) is 4.07. The highest BCUT2D eigenvalue weighted by Crippen LogP contribution is 2.49. The zero-order valence-electron chi connectivity index (χ0n) is 13.4. The molecule has 2 atom stereocenters. The molecule has 1 aromatic carbocycles. The number of hydrogen-bond donors (Lipinski definition) is 1. The molecule has 3 aliphatic rings. The molecule has 0 aromatic heterocycles. The van der Waals surface area contributed by atoms with Gasteiger partial charge in [-0.25, -0.2) is 0 Å². The highest BCUT2D eigenvalue weighted by atomic mass is 15.3. The van der Waals surface area contributed by atoms with Crippen LogP contribution in [0.4, 0.5) is 0 Å². The summed E-state index contributed by atoms with van der Waals surface area (Å²) in [6.07, 6.45) is 5.67. The lowest BCUT2D eigenvalue weighted by Gasteiger charge is -2.48. The van der Waals surface area contributed by atoms with Crippen LogP contribution in [0.25, 0.3) is 0 Å². The minimum absolute atomic E-state index is 0.344. The second-order valence-electron chi connectivity index (χ2n) is 8.21. The first kappa shape index (κ1) is 13.8. The molecule has 1 saturated heterocycles. The fraction of sp³-hybridized carbons (Fsp3) is 0.684. The highest BCUT2D eigenvalue weighted by Gasteiger charge is 2.48. The normalized spacial score (nSPS) is 35.6. The predicted molar refractivity (Wildman–Crippen MR) is 87.2 cm³/mol. The van der Waals surface area contributed by atoms with Crippen molar-refractivity contribution in [1.82, 2.24) is 10.2 Å². The smallest absolute Gasteiger partial charge is 0.0473 e. The Morgan fingerprint density at radius 2 is 1.86 bits per heavy atom. The van der Waals surface area contributed by atoms with Gasteiger partial charge in [-0.05, 0) is 49.5 Å². The summed E-state index contributed by atoms with van der Waals surface area (Å²) in [7, 11) is 0. The van der Waals surface area contributed by atoms with E-state index in [4.69, 9.17) is 0 Å². The monoisotopic (exact) mass is 284 g/mol. The summed E-state index contributed by atoms with van der Waals surface area (Å²) in [5.74, 6) is 0.906. The zero-order chi connectivity index (χ0) is 14.5. The van der Waals surface area contributed by atoms with Gasteiger partial charge in [-0.2, -0.15) is 0 Å². The number of benzene rings is 1. The van der Waals surface area contributed by atoms with Gasteiger partial charge < -0.3 is 5.32 Å². The van der Waals surface area contributed by atoms with Crippen LogP contribution in [0.15, 0.2) is 30.3 Å². The van der Waals surface area contributed by atoms with Crippen molar-refractivity contribution >= 4 is 0 Å². The lowest BCUT2D eigenvalue weighted by atomic mass is 9.88. The van der Waals surface area contributed by atoms with Crippen molar-refractivity contribution in [2.24, 2.45) is 11.3 Å². The van der Waals surface area contributed by atoms with Gasteiger partial charge in [0.2, 0.25) is 0 Å². The molecule has 0 radical (unpaired) electrons. The Kier molecular flexibility index (Phi) is 3.16. The zero-order valence-corrected chi connectivity index (χ0v) is 13.4. The first-order valence-corrected chi connectivity index (χ1v) is 8.62. The van der Waals surface area contributed by atoms with E-state index in [9.17, 15) is 0 Å². The Morgan fingerprint density at radius 1 is 1.14 bits per heavy atom. The topological polar surface area (TPSA) is 15.3 Å². The highest BCUT2D eigenvalue weighted by molar-refractivity contribution is 5.22. The molecule has 1 aliphatic heterocycles. The molecule has 2 nitrogen and oxygen atoms in total. The molecule has 0 bridgehead atoms. The lowest BCUT2D eigenvalue weighted by molar-refractivity contribution is 0.0591. The standard InChI is InChI=1S/C19H28N2/c1-18(10-11-18)13-21-14-19(2,16-8-9-16)20-12-17(21)15-6-4-3-5-7-15/h3-7,16-17,20H,8-14H2,1-2H3. The second-order valence-corrected chi connectivity index (χ2v) is 8.21. The van der Waals surface area contributed by atoms with E-state index < -0.39 is 0 Å². The Labute approximate surface area is 128 Å². The third-order valence-electron chi connectivity index (χ3n) is 6.02. The molecule has 4 rings (SSSR count). The average Bonchev–Trinajstić information content (AvgIpc) is 3.36. The fourth-order valence-corrected chi connectivity index (χ4v) is 4.07. The van der Waals surface area contributed by atoms with Crippen molar-refractivity contribution < 1.29 is 0 Å². The number of nitrogens with zero attached hydrogens (tertiary/aromatic N) is 1. The third-order valence-corrected chi connectivity index (χ3v) is 6.02. The van der Waals surface area contributed by atoms with Crippen LogP contribution >= 0.6 is 0 Å². The van der Waals surface area contributed by atoms with E-state index in [1.165, 1.54) is 44.3 Å². The summed E-state index contributed by atoms with van der Waals surface area (Å²) in [4.78, 5) is 2.79. The molecule has 0 amide bonds. The van der Waals surface area contributed by atoms with Crippen molar-refractivity contribution in [1.29, 1.82) is 0 Å². The number of nitrogens with one attached hydrogen (secondary N) is 1. The molecule has 3 fully saturated rings. The maximum atomic E-state index is 3.90. The molecule has 1 heterocycles. The molecule has 1 N–H and O–H groups in total. The van der Waals surface area contributed by atoms with Crippen molar-refractivity contribution in [2.45, 2.75) is 51.1 Å². The number of piperazine rings is 1. The lowest BCUT2D eigenvalue weighted by Crippen LogP contribution is -2.61. The molecule has 2 saturated carbocycles. The van der Waals surface area contributed by atoms with E-state index in [0.717, 1.165) is 12.5 Å². The van der Waals surface area contributed by atoms with Gasteiger partial charge in [-0.1, -0.05) is 37.3 Å². The van der Waals surface area contributed by atoms with Crippen molar-refractivity contribution in [3.63, 3.8) is 0 Å². The molecule has 2 unspecified atom stereocenters. The predicted octanol–water partition coefficient (Wildman–Crippen LogP) is 3.60. The van der Waals surface area contributed by atoms with Gasteiger partial charge in [-0.3, -0.25) is 4.90 Å². The van der Waals surface area contributed by atoms with Gasteiger partial charge in [0.1, 0.15) is 0 Å². The van der Waals surface area contributed by atoms with Crippen LogP contribution in [-0.4, -0.2) is 30.1 Å². The molecule has 1 aromatic rings. The van der Waals surface area contributed by atoms with Gasteiger partial charge >= 0.3 is 0 Å². The second kappa shape index (κ2) is 4.82. The molecule has 2 heteroatoms. The summed E-state index contributed by atoms with van der Waals surface area (Å²) < 4.78 is 0. The van der Waals surface area contributed by atoms with Crippen LogP contribution < -0.4 is 5.32 Å². The third kappa shape index (κ3) is 2.76. The van der Waals surface area contributed by atoms with E-state index in [-0.39, 0.29) is 0 Å². The number of rotatable bonds is 4. The molecular formula is C19H28N2. The number of hydrogen-bond acceptors (Lipinski definition) is 2. The van der Waals surface area contributed by atoms with Crippen LogP contribution in [-0.2, 0) is 0 Å². The molecule has 114 valence electrons. The van der Waals surface area contributed by atoms with Gasteiger partial charge in [-0.15, -0.1) is 0 Å². The maximum Gasteiger partial charge on any atom is 0.0473 e. The summed E-state index contributed by atoms with van der Waals surface area (Å²) in [5, 5.41) is 3.90. The molecule has 0 spiro atoms. The van der Waals surface area contributed by atoms with E-state index in [0.29, 0.717) is 17.0 Å². The van der Waals surface area contributed by atoms with Gasteiger partial charge in [0.05, 0.1) is 0 Å². The van der Waals surface area contributed by atoms with Crippen molar-refractivity contribution in [3.8, 4) is 0 Å². The summed E-state index contributed by atoms with van der Waals surface area (Å²) in [6, 6.07) is 11.6. The van der Waals surface area contributed by atoms with E-state index >= 15 is 0 Å². The minimum Gasteiger partial charge on any atom is -0.308 e. The van der Waals surface area contributed by atoms with Crippen LogP contribution in [0.2, 0.25) is 0 Å². The van der Waals surface area contributed by atoms with E-state index in [1.807, 2.05) is 0 Å². The van der Waals surface area contributed by atoms with Crippen LogP contribution in [0.5, 0.6) is 0 Å². The SMILES string of the molecule is CC1(CN2CC(C)(C3CC3)NCC2c2ccccc2)CC1. The molecular weight excluding hydrogens is 256 g/mol. The van der Waals surface area contributed by atoms with Crippen molar-refractivity contribution in [3.05, 3.63) is 35.9 Å². The maximum absolute atomic E-state index is 3.90. The minimum atomic E-state index is 0.344. The summed E-state index contributed by atoms with van der Waals surface area (Å²) >= 11 is 0. The molecule has 2 aliphatic carbocycles. The average molecular weight is 284 g/mol. The summed E-state index contributed by atoms with van der Waals surface area (Å²) in [6.45, 7) is 8.51. The Hall–Kier alpha value is -0.860. The largest absolute Gasteiger partial charge is 0.308 e. The van der Waals surface area contributed by atoms with E-state index in [2.05, 4.69) is 54.4 Å². The summed E-state index contributed by atoms with van der Waals surface area (Å²) in [5.41, 5.74) is 2.41. The Balaban J connectivity index is 1.57. The Bertz CT molecular complexity index is 504. The van der Waals surface area contributed by atoms with Gasteiger partial charge in [0, 0.05) is 31.2 Å². The first-order valence-electron chi connectivity index (χ1n) is 8.62. The van der Waals surface area contributed by atoms with Crippen LogP contribution in [0.1, 0.15) is 51.1 Å². The van der Waals surface area contributed by atoms with E-state index in [1.54, 1.807) is 0 Å². The van der Waals surface area contributed by atoms with Gasteiger partial charge in [0.15, 0.2) is 0 Å². The quantitative estimate of drug-likeness (QED) is 0.909. The Morgan fingerprint density at radius 3 is 2.48 bits per heavy atom. The van der Waals surface area contributed by atoms with Crippen LogP contribution in [0, 0.1) is 11.3 Å². The first-order chi connectivity index (χ1) is 10.1. The van der Waals surface area contributed by atoms with Crippen LogP contribution in [0.3, 0.4) is 0 Å². The van der Waals surface area contributed by atoms with Gasteiger partial charge in [0.25, 0.3) is 0 Å². The molecule has 21 heavy (non-hydrogen) atoms.